The van der Waals surface area contributed by atoms with Gasteiger partial charge in [0.2, 0.25) is 0 Å². The van der Waals surface area contributed by atoms with E-state index in [9.17, 15) is 4.79 Å². The monoisotopic (exact) mass is 126 g/mol. The van der Waals surface area contributed by atoms with Crippen molar-refractivity contribution in [2.45, 2.75) is 6.42 Å². The molecular formula is C6H10N2O. The number of rotatable bonds is 1. The molecule has 0 atom stereocenters. The Hall–Kier alpha value is -0.860. The fourth-order valence-corrected chi connectivity index (χ4v) is 0.864. The molecule has 1 rings (SSSR count). The molecule has 0 amide bonds. The van der Waals surface area contributed by atoms with Crippen LogP contribution in [0.15, 0.2) is 4.99 Å². The number of amidine groups is 1. The minimum absolute atomic E-state index is 0.584. The third-order valence-corrected chi connectivity index (χ3v) is 1.42. The maximum Gasteiger partial charge on any atom is 0.184 e. The van der Waals surface area contributed by atoms with Gasteiger partial charge in [0.1, 0.15) is 0 Å². The first-order valence-corrected chi connectivity index (χ1v) is 3.05. The number of hydrogen-bond donors (Lipinski definition) is 0. The predicted octanol–water partition coefficient (Wildman–Crippen LogP) is -0.0807. The van der Waals surface area contributed by atoms with Crippen LogP contribution in [0.3, 0.4) is 0 Å². The molecule has 0 aromatic carbocycles. The van der Waals surface area contributed by atoms with E-state index < -0.39 is 0 Å². The van der Waals surface area contributed by atoms with Crippen molar-refractivity contribution in [1.29, 1.82) is 0 Å². The second kappa shape index (κ2) is 2.62. The molecular weight excluding hydrogens is 116 g/mol. The van der Waals surface area contributed by atoms with E-state index in [1.807, 2.05) is 11.9 Å². The molecule has 3 heteroatoms. The smallest absolute Gasteiger partial charge is 0.184 e. The highest BCUT2D eigenvalue weighted by Gasteiger charge is 2.07. The van der Waals surface area contributed by atoms with E-state index in [0.29, 0.717) is 5.84 Å². The zero-order valence-electron chi connectivity index (χ0n) is 5.50. The number of carbonyl (C=O) groups is 1. The first-order valence-electron chi connectivity index (χ1n) is 3.05. The van der Waals surface area contributed by atoms with E-state index in [-0.39, 0.29) is 0 Å². The fraction of sp³-hybridized carbons (Fsp3) is 0.667. The third kappa shape index (κ3) is 1.28. The first-order chi connectivity index (χ1) is 4.34. The van der Waals surface area contributed by atoms with Crippen molar-refractivity contribution in [3.63, 3.8) is 0 Å². The van der Waals surface area contributed by atoms with Crippen molar-refractivity contribution in [1.82, 2.24) is 4.90 Å². The number of hydrogen-bond acceptors (Lipinski definition) is 3. The summed E-state index contributed by atoms with van der Waals surface area (Å²) < 4.78 is 0. The van der Waals surface area contributed by atoms with Gasteiger partial charge in [0.15, 0.2) is 12.1 Å². The summed E-state index contributed by atoms with van der Waals surface area (Å²) >= 11 is 0. The van der Waals surface area contributed by atoms with Crippen LogP contribution >= 0.6 is 0 Å². The Morgan fingerprint density at radius 1 is 1.78 bits per heavy atom. The van der Waals surface area contributed by atoms with Crippen LogP contribution in [0.2, 0.25) is 0 Å². The molecule has 9 heavy (non-hydrogen) atoms. The summed E-state index contributed by atoms with van der Waals surface area (Å²) in [7, 11) is 1.88. The highest BCUT2D eigenvalue weighted by atomic mass is 16.1. The van der Waals surface area contributed by atoms with Gasteiger partial charge in [-0.05, 0) is 6.42 Å². The highest BCUT2D eigenvalue weighted by molar-refractivity contribution is 6.26. The normalized spacial score (nSPS) is 19.2. The highest BCUT2D eigenvalue weighted by Crippen LogP contribution is 1.96. The minimum atomic E-state index is 0.584. The lowest BCUT2D eigenvalue weighted by atomic mass is 10.3. The van der Waals surface area contributed by atoms with Crippen molar-refractivity contribution < 1.29 is 4.79 Å². The molecule has 0 aromatic heterocycles. The van der Waals surface area contributed by atoms with Gasteiger partial charge in [-0.2, -0.15) is 0 Å². The SMILES string of the molecule is CN1CCCN=C1C=O. The van der Waals surface area contributed by atoms with Gasteiger partial charge in [-0.3, -0.25) is 9.79 Å². The molecule has 1 heterocycles. The minimum Gasteiger partial charge on any atom is -0.357 e. The first kappa shape index (κ1) is 6.26. The third-order valence-electron chi connectivity index (χ3n) is 1.42. The van der Waals surface area contributed by atoms with Gasteiger partial charge in [-0.1, -0.05) is 0 Å². The molecule has 0 N–H and O–H groups in total. The lowest BCUT2D eigenvalue weighted by Gasteiger charge is -2.20. The number of carbonyl (C=O) groups excluding carboxylic acids is 1. The Bertz CT molecular complexity index is 142. The van der Waals surface area contributed by atoms with E-state index in [2.05, 4.69) is 4.99 Å². The van der Waals surface area contributed by atoms with Crippen molar-refractivity contribution in [3.05, 3.63) is 0 Å². The topological polar surface area (TPSA) is 32.7 Å². The molecule has 0 radical (unpaired) electrons. The number of aliphatic imine (C=N–C) groups is 1. The van der Waals surface area contributed by atoms with Gasteiger partial charge >= 0.3 is 0 Å². The van der Waals surface area contributed by atoms with Gasteiger partial charge in [0.25, 0.3) is 0 Å². The second-order valence-electron chi connectivity index (χ2n) is 2.13. The van der Waals surface area contributed by atoms with Gasteiger partial charge in [-0.15, -0.1) is 0 Å². The van der Waals surface area contributed by atoms with Gasteiger partial charge < -0.3 is 4.90 Å². The average molecular weight is 126 g/mol. The average Bonchev–Trinajstić information content (AvgIpc) is 1.89. The summed E-state index contributed by atoms with van der Waals surface area (Å²) in [6.45, 7) is 1.76. The van der Waals surface area contributed by atoms with E-state index in [0.717, 1.165) is 25.8 Å². The zero-order valence-corrected chi connectivity index (χ0v) is 5.50. The Labute approximate surface area is 54.4 Å². The molecule has 0 spiro atoms. The second-order valence-corrected chi connectivity index (χ2v) is 2.13. The van der Waals surface area contributed by atoms with Crippen LogP contribution in [-0.2, 0) is 4.79 Å². The molecule has 0 aliphatic carbocycles. The number of aldehydes is 1. The zero-order chi connectivity index (χ0) is 6.69. The van der Waals surface area contributed by atoms with E-state index in [4.69, 9.17) is 0 Å². The van der Waals surface area contributed by atoms with Gasteiger partial charge in [0, 0.05) is 20.1 Å². The predicted molar refractivity (Wildman–Crippen MR) is 35.6 cm³/mol. The Morgan fingerprint density at radius 2 is 2.56 bits per heavy atom. The summed E-state index contributed by atoms with van der Waals surface area (Å²) in [6.07, 6.45) is 1.87. The fourth-order valence-electron chi connectivity index (χ4n) is 0.864. The van der Waals surface area contributed by atoms with Crippen LogP contribution < -0.4 is 0 Å². The lowest BCUT2D eigenvalue weighted by Crippen LogP contribution is -2.32. The van der Waals surface area contributed by atoms with Gasteiger partial charge in [0.05, 0.1) is 0 Å². The molecule has 0 bridgehead atoms. The van der Waals surface area contributed by atoms with Crippen LogP contribution in [0.5, 0.6) is 0 Å². The molecule has 0 saturated carbocycles. The Kier molecular flexibility index (Phi) is 1.82. The van der Waals surface area contributed by atoms with Crippen LogP contribution in [0.25, 0.3) is 0 Å². The van der Waals surface area contributed by atoms with Crippen molar-refractivity contribution in [3.8, 4) is 0 Å². The molecule has 1 aliphatic heterocycles. The van der Waals surface area contributed by atoms with Crippen LogP contribution in [-0.4, -0.2) is 37.2 Å². The molecule has 0 aromatic rings. The molecule has 50 valence electrons. The Balaban J connectivity index is 2.63. The summed E-state index contributed by atoms with van der Waals surface area (Å²) in [5.74, 6) is 0.584. The molecule has 3 nitrogen and oxygen atoms in total. The molecule has 0 saturated heterocycles. The largest absolute Gasteiger partial charge is 0.357 e. The maximum absolute atomic E-state index is 10.2. The van der Waals surface area contributed by atoms with Crippen LogP contribution in [0, 0.1) is 0 Å². The maximum atomic E-state index is 10.2. The van der Waals surface area contributed by atoms with E-state index >= 15 is 0 Å². The quantitative estimate of drug-likeness (QED) is 0.460. The molecule has 0 fully saturated rings. The number of likely N-dealkylation sites (N-methyl/N-ethyl adjacent to an activating group) is 1. The van der Waals surface area contributed by atoms with Crippen molar-refractivity contribution >= 4 is 12.1 Å². The van der Waals surface area contributed by atoms with E-state index in [1.54, 1.807) is 0 Å². The molecule has 0 unspecified atom stereocenters. The number of nitrogens with zero attached hydrogens (tertiary/aromatic N) is 2. The summed E-state index contributed by atoms with van der Waals surface area (Å²) in [5, 5.41) is 0. The lowest BCUT2D eigenvalue weighted by molar-refractivity contribution is -0.103. The van der Waals surface area contributed by atoms with E-state index in [1.165, 1.54) is 0 Å². The van der Waals surface area contributed by atoms with Crippen molar-refractivity contribution in [2.75, 3.05) is 20.1 Å². The molecule has 1 aliphatic rings. The summed E-state index contributed by atoms with van der Waals surface area (Å²) in [4.78, 5) is 16.1. The van der Waals surface area contributed by atoms with Crippen LogP contribution in [0.4, 0.5) is 0 Å². The van der Waals surface area contributed by atoms with Crippen LogP contribution in [0.1, 0.15) is 6.42 Å². The summed E-state index contributed by atoms with van der Waals surface area (Å²) in [5.41, 5.74) is 0. The standard InChI is InChI=1S/C6H10N2O/c1-8-4-2-3-7-6(8)5-9/h5H,2-4H2,1H3. The van der Waals surface area contributed by atoms with Gasteiger partial charge in [-0.25, -0.2) is 0 Å². The van der Waals surface area contributed by atoms with Crippen molar-refractivity contribution in [2.24, 2.45) is 4.99 Å². The summed E-state index contributed by atoms with van der Waals surface area (Å²) in [6, 6.07) is 0. The Morgan fingerprint density at radius 3 is 3.00 bits per heavy atom.